The number of ketones is 2. The zero-order valence-electron chi connectivity index (χ0n) is 23.8. The summed E-state index contributed by atoms with van der Waals surface area (Å²) in [7, 11) is 3.16. The number of rotatable bonds is 10. The largest absolute Gasteiger partial charge is 0.493 e. The summed E-state index contributed by atoms with van der Waals surface area (Å²) in [6.07, 6.45) is 5.26. The van der Waals surface area contributed by atoms with Gasteiger partial charge in [-0.1, -0.05) is 35.9 Å². The summed E-state index contributed by atoms with van der Waals surface area (Å²) < 4.78 is 22.8. The van der Waals surface area contributed by atoms with Crippen molar-refractivity contribution in [3.05, 3.63) is 102 Å². The molecule has 0 aliphatic heterocycles. The summed E-state index contributed by atoms with van der Waals surface area (Å²) in [5.74, 6) is 1.87. The molecular weight excluding hydrogens is 582 g/mol. The Balaban J connectivity index is 1.40. The average molecular weight is 608 g/mol. The van der Waals surface area contributed by atoms with E-state index < -0.39 is 0 Å². The van der Waals surface area contributed by atoms with Gasteiger partial charge in [-0.3, -0.25) is 9.59 Å². The SMILES string of the molecule is COCCOc1cc2ncnc(Nc3ccc(Oc4ccc(Cl)c5ccccc45)c(C4=CC(=O)C=CC4=O)c3)c2cc1OC. The second-order valence-corrected chi connectivity index (χ2v) is 10.2. The van der Waals surface area contributed by atoms with Gasteiger partial charge in [0.25, 0.3) is 0 Å². The lowest BCUT2D eigenvalue weighted by Crippen LogP contribution is -2.08. The maximum Gasteiger partial charge on any atom is 0.186 e. The van der Waals surface area contributed by atoms with Gasteiger partial charge in [-0.25, -0.2) is 9.97 Å². The number of carbonyl (C=O) groups excluding carboxylic acids is 2. The fourth-order valence-corrected chi connectivity index (χ4v) is 5.10. The van der Waals surface area contributed by atoms with E-state index in [1.807, 2.05) is 24.3 Å². The number of fused-ring (bicyclic) bond motifs is 2. The van der Waals surface area contributed by atoms with Gasteiger partial charge in [0.05, 0.1) is 19.2 Å². The minimum atomic E-state index is -0.314. The second kappa shape index (κ2) is 12.5. The van der Waals surface area contributed by atoms with E-state index in [0.717, 1.165) is 10.8 Å². The van der Waals surface area contributed by atoms with Crippen molar-refractivity contribution in [2.24, 2.45) is 0 Å². The van der Waals surface area contributed by atoms with Crippen molar-refractivity contribution >= 4 is 61.9 Å². The molecule has 0 unspecified atom stereocenters. The van der Waals surface area contributed by atoms with Gasteiger partial charge in [-0.15, -0.1) is 0 Å². The van der Waals surface area contributed by atoms with Crippen molar-refractivity contribution in [2.45, 2.75) is 0 Å². The quantitative estimate of drug-likeness (QED) is 0.131. The number of hydrogen-bond donors (Lipinski definition) is 1. The van der Waals surface area contributed by atoms with Crippen molar-refractivity contribution < 1.29 is 28.5 Å². The van der Waals surface area contributed by atoms with Gasteiger partial charge in [-0.05, 0) is 54.6 Å². The van der Waals surface area contributed by atoms with Crippen LogP contribution in [0.1, 0.15) is 5.56 Å². The van der Waals surface area contributed by atoms with Crippen LogP contribution in [0.25, 0.3) is 27.2 Å². The molecule has 0 radical (unpaired) electrons. The summed E-state index contributed by atoms with van der Waals surface area (Å²) in [4.78, 5) is 34.2. The molecule has 1 aromatic heterocycles. The van der Waals surface area contributed by atoms with E-state index in [-0.39, 0.29) is 17.1 Å². The minimum absolute atomic E-state index is 0.210. The lowest BCUT2D eigenvalue weighted by atomic mass is 9.95. The second-order valence-electron chi connectivity index (χ2n) is 9.77. The van der Waals surface area contributed by atoms with Crippen LogP contribution in [-0.4, -0.2) is 49.0 Å². The number of anilines is 2. The van der Waals surface area contributed by atoms with Crippen LogP contribution in [0.5, 0.6) is 23.0 Å². The topological polar surface area (TPSA) is 109 Å². The van der Waals surface area contributed by atoms with Crippen LogP contribution in [0.4, 0.5) is 11.5 Å². The van der Waals surface area contributed by atoms with E-state index >= 15 is 0 Å². The molecule has 1 N–H and O–H groups in total. The standard InChI is InChI=1S/C34H26ClN3O6/c1-41-13-14-43-33-18-28-26(17-32(33)42-2)34(37-19-36-28)38-20-7-11-31(25(15-20)24-16-21(39)8-10-29(24)40)44-30-12-9-27(35)22-5-3-4-6-23(22)30/h3-12,15-19H,13-14H2,1-2H3,(H,36,37,38). The molecule has 9 nitrogen and oxygen atoms in total. The highest BCUT2D eigenvalue weighted by molar-refractivity contribution is 6.36. The summed E-state index contributed by atoms with van der Waals surface area (Å²) >= 11 is 6.42. The molecule has 0 bridgehead atoms. The van der Waals surface area contributed by atoms with E-state index in [2.05, 4.69) is 15.3 Å². The van der Waals surface area contributed by atoms with Crippen LogP contribution < -0.4 is 19.5 Å². The number of halogens is 1. The zero-order valence-corrected chi connectivity index (χ0v) is 24.6. The summed E-state index contributed by atoms with van der Waals surface area (Å²) in [5, 5.41) is 6.23. The third-order valence-electron chi connectivity index (χ3n) is 7.00. The summed E-state index contributed by atoms with van der Waals surface area (Å²) in [6, 6.07) is 20.0. The predicted molar refractivity (Wildman–Crippen MR) is 169 cm³/mol. The Kier molecular flexibility index (Phi) is 8.23. The zero-order chi connectivity index (χ0) is 30.6. The first-order valence-electron chi connectivity index (χ1n) is 13.6. The molecule has 6 rings (SSSR count). The molecule has 0 amide bonds. The molecule has 0 saturated carbocycles. The van der Waals surface area contributed by atoms with Gasteiger partial charge in [0.15, 0.2) is 23.1 Å². The predicted octanol–water partition coefficient (Wildman–Crippen LogP) is 7.10. The number of ether oxygens (including phenoxy) is 4. The van der Waals surface area contributed by atoms with E-state index in [1.54, 1.807) is 56.7 Å². The maximum absolute atomic E-state index is 13.0. The third-order valence-corrected chi connectivity index (χ3v) is 7.33. The third kappa shape index (κ3) is 5.83. The van der Waals surface area contributed by atoms with Gasteiger partial charge >= 0.3 is 0 Å². The molecule has 0 saturated heterocycles. The first-order valence-corrected chi connectivity index (χ1v) is 14.0. The number of allylic oxidation sites excluding steroid dienone is 4. The number of aromatic nitrogens is 2. The lowest BCUT2D eigenvalue weighted by Gasteiger charge is -2.18. The molecule has 1 aliphatic carbocycles. The molecule has 0 atom stereocenters. The van der Waals surface area contributed by atoms with E-state index in [0.29, 0.717) is 69.2 Å². The molecule has 0 spiro atoms. The number of methoxy groups -OCH3 is 2. The first kappa shape index (κ1) is 28.9. The highest BCUT2D eigenvalue weighted by Crippen LogP contribution is 2.40. The Bertz CT molecular complexity index is 1990. The van der Waals surface area contributed by atoms with Crippen molar-refractivity contribution in [1.29, 1.82) is 0 Å². The number of nitrogens with zero attached hydrogens (tertiary/aromatic N) is 2. The monoisotopic (exact) mass is 607 g/mol. The molecule has 5 aromatic rings. The molecule has 4 aromatic carbocycles. The minimum Gasteiger partial charge on any atom is -0.493 e. The van der Waals surface area contributed by atoms with Crippen molar-refractivity contribution in [3.63, 3.8) is 0 Å². The van der Waals surface area contributed by atoms with Crippen LogP contribution in [0.15, 0.2) is 91.3 Å². The summed E-state index contributed by atoms with van der Waals surface area (Å²) in [5.41, 5.74) is 1.87. The van der Waals surface area contributed by atoms with Crippen LogP contribution in [0, 0.1) is 0 Å². The maximum atomic E-state index is 13.0. The van der Waals surface area contributed by atoms with E-state index in [9.17, 15) is 9.59 Å². The molecule has 10 heteroatoms. The molecular formula is C34H26ClN3O6. The normalized spacial score (nSPS) is 12.8. The van der Waals surface area contributed by atoms with Gasteiger partial charge in [-0.2, -0.15) is 0 Å². The van der Waals surface area contributed by atoms with Crippen LogP contribution >= 0.6 is 11.6 Å². The fraction of sp³-hybridized carbons (Fsp3) is 0.118. The molecule has 1 heterocycles. The number of carbonyl (C=O) groups is 2. The van der Waals surface area contributed by atoms with Crippen molar-refractivity contribution in [2.75, 3.05) is 32.8 Å². The smallest absolute Gasteiger partial charge is 0.186 e. The van der Waals surface area contributed by atoms with Gasteiger partial charge < -0.3 is 24.3 Å². The Labute approximate surface area is 257 Å². The Morgan fingerprint density at radius 3 is 2.43 bits per heavy atom. The van der Waals surface area contributed by atoms with Crippen LogP contribution in [0.2, 0.25) is 5.02 Å². The van der Waals surface area contributed by atoms with Gasteiger partial charge in [0.2, 0.25) is 0 Å². The van der Waals surface area contributed by atoms with Crippen LogP contribution in [-0.2, 0) is 14.3 Å². The molecule has 1 aliphatic rings. The average Bonchev–Trinajstić information content (AvgIpc) is 3.04. The highest BCUT2D eigenvalue weighted by atomic mass is 35.5. The van der Waals surface area contributed by atoms with Crippen molar-refractivity contribution in [3.8, 4) is 23.0 Å². The Morgan fingerprint density at radius 2 is 1.61 bits per heavy atom. The Hall–Kier alpha value is -5.25. The lowest BCUT2D eigenvalue weighted by molar-refractivity contribution is -0.113. The number of nitrogens with one attached hydrogen (secondary N) is 1. The van der Waals surface area contributed by atoms with Crippen molar-refractivity contribution in [1.82, 2.24) is 9.97 Å². The first-order chi connectivity index (χ1) is 21.4. The number of benzene rings is 4. The van der Waals surface area contributed by atoms with E-state index in [4.69, 9.17) is 30.5 Å². The fourth-order valence-electron chi connectivity index (χ4n) is 4.88. The van der Waals surface area contributed by atoms with E-state index in [1.165, 1.54) is 24.6 Å². The van der Waals surface area contributed by atoms with Crippen LogP contribution in [0.3, 0.4) is 0 Å². The summed E-state index contributed by atoms with van der Waals surface area (Å²) in [6.45, 7) is 0.776. The molecule has 44 heavy (non-hydrogen) atoms. The van der Waals surface area contributed by atoms with Gasteiger partial charge in [0, 0.05) is 51.2 Å². The highest BCUT2D eigenvalue weighted by Gasteiger charge is 2.21. The molecule has 0 fully saturated rings. The van der Waals surface area contributed by atoms with Gasteiger partial charge in [0.1, 0.15) is 30.3 Å². The number of hydrogen-bond acceptors (Lipinski definition) is 9. The Morgan fingerprint density at radius 1 is 0.795 bits per heavy atom. The molecule has 220 valence electrons.